The first-order valence-electron chi connectivity index (χ1n) is 28.0. The smallest absolute Gasteiger partial charge is 0.191 e. The second-order valence-electron chi connectivity index (χ2n) is 22.9. The van der Waals surface area contributed by atoms with E-state index in [2.05, 4.69) is 116 Å². The molecule has 0 saturated carbocycles. The van der Waals surface area contributed by atoms with Gasteiger partial charge in [0, 0.05) is 37.2 Å². The molecule has 0 heterocycles. The number of rotatable bonds is 40. The van der Waals surface area contributed by atoms with Gasteiger partial charge in [-0.3, -0.25) is 0 Å². The zero-order chi connectivity index (χ0) is 47.1. The van der Waals surface area contributed by atoms with Crippen molar-refractivity contribution in [3.05, 3.63) is 35.4 Å². The molecule has 1 aromatic carbocycles. The number of hydrogen-bond donors (Lipinski definition) is 0. The van der Waals surface area contributed by atoms with E-state index in [0.717, 1.165) is 37.2 Å². The Morgan fingerprint density at radius 2 is 0.562 bits per heavy atom. The van der Waals surface area contributed by atoms with Crippen molar-refractivity contribution in [2.45, 2.75) is 309 Å². The summed E-state index contributed by atoms with van der Waals surface area (Å²) in [4.78, 5) is 0. The van der Waals surface area contributed by atoms with Crippen LogP contribution in [0.1, 0.15) is 284 Å². The molecule has 0 spiro atoms. The summed E-state index contributed by atoms with van der Waals surface area (Å²) >= 11 is 0. The highest BCUT2D eigenvalue weighted by Crippen LogP contribution is 2.37. The molecule has 0 aliphatic rings. The van der Waals surface area contributed by atoms with Crippen LogP contribution >= 0.6 is 0 Å². The largest absolute Gasteiger partial charge is 0.417 e. The SMILES string of the molecule is CC(C)(C)[Si](C)(C)OCCCCCCCCCCCCCCCCCCCC#Cc1cccc(C#CCCCCCCCCCCCCCCCCCCCO[Si](C)(C)C(C)(C)C)c1. The van der Waals surface area contributed by atoms with Gasteiger partial charge in [0.05, 0.1) is 0 Å². The van der Waals surface area contributed by atoms with E-state index in [4.69, 9.17) is 8.85 Å². The number of hydrogen-bond acceptors (Lipinski definition) is 2. The molecule has 0 aliphatic heterocycles. The third-order valence-electron chi connectivity index (χ3n) is 14.8. The van der Waals surface area contributed by atoms with Crippen molar-refractivity contribution in [1.82, 2.24) is 0 Å². The third kappa shape index (κ3) is 34.9. The van der Waals surface area contributed by atoms with Gasteiger partial charge in [0.1, 0.15) is 0 Å². The van der Waals surface area contributed by atoms with Crippen molar-refractivity contribution in [2.75, 3.05) is 13.2 Å². The molecule has 0 fully saturated rings. The van der Waals surface area contributed by atoms with E-state index in [1.54, 1.807) is 0 Å². The van der Waals surface area contributed by atoms with Crippen LogP contribution in [-0.4, -0.2) is 29.8 Å². The zero-order valence-corrected chi connectivity index (χ0v) is 47.0. The molecule has 1 rings (SSSR count). The molecule has 0 bridgehead atoms. The van der Waals surface area contributed by atoms with Crippen molar-refractivity contribution in [3.63, 3.8) is 0 Å². The van der Waals surface area contributed by atoms with E-state index in [9.17, 15) is 0 Å². The second kappa shape index (κ2) is 38.6. The standard InChI is InChI=1S/C60H110O2Si2/c1-59(2,3)63(7,8)61-54-47-43-39-35-31-27-23-19-15-11-13-17-21-25-29-33-37-41-45-50-57-52-49-53-58(56-57)51-46-42-38-34-30-26-22-18-14-12-16-20-24-28-32-36-40-44-48-55-62-64(9,10)60(4,5)6/h49,52-53,56H,11-44,47-48,54-55H2,1-10H3. The lowest BCUT2D eigenvalue weighted by atomic mass is 10.0. The average molecular weight is 920 g/mol. The molecule has 370 valence electrons. The van der Waals surface area contributed by atoms with Crippen molar-refractivity contribution in [3.8, 4) is 23.7 Å². The Kier molecular flexibility index (Phi) is 36.7. The summed E-state index contributed by atoms with van der Waals surface area (Å²) < 4.78 is 12.6. The fraction of sp³-hybridized carbons (Fsp3) is 0.833. The Balaban J connectivity index is 1.87. The van der Waals surface area contributed by atoms with E-state index in [1.807, 2.05) is 0 Å². The minimum absolute atomic E-state index is 0.331. The van der Waals surface area contributed by atoms with Gasteiger partial charge in [-0.15, -0.1) is 0 Å². The van der Waals surface area contributed by atoms with Crippen LogP contribution < -0.4 is 0 Å². The van der Waals surface area contributed by atoms with E-state index >= 15 is 0 Å². The maximum atomic E-state index is 6.32. The molecular formula is C60H110O2Si2. The van der Waals surface area contributed by atoms with Gasteiger partial charge in [-0.2, -0.15) is 0 Å². The number of unbranched alkanes of at least 4 members (excludes halogenated alkanes) is 34. The van der Waals surface area contributed by atoms with Crippen molar-refractivity contribution in [1.29, 1.82) is 0 Å². The molecule has 4 heteroatoms. The summed E-state index contributed by atoms with van der Waals surface area (Å²) in [5.74, 6) is 13.7. The molecule has 0 amide bonds. The van der Waals surface area contributed by atoms with Crippen LogP contribution in [0.5, 0.6) is 0 Å². The summed E-state index contributed by atoms with van der Waals surface area (Å²) in [6.07, 6.45) is 49.2. The van der Waals surface area contributed by atoms with Crippen LogP contribution in [0.4, 0.5) is 0 Å². The fourth-order valence-corrected chi connectivity index (χ4v) is 10.2. The fourth-order valence-electron chi connectivity index (χ4n) is 8.03. The van der Waals surface area contributed by atoms with E-state index in [1.165, 1.54) is 218 Å². The lowest BCUT2D eigenvalue weighted by molar-refractivity contribution is 0.277. The summed E-state index contributed by atoms with van der Waals surface area (Å²) in [6, 6.07) is 8.55. The van der Waals surface area contributed by atoms with Crippen LogP contribution in [0.25, 0.3) is 0 Å². The molecule has 0 N–H and O–H groups in total. The molecular weight excluding hydrogens is 809 g/mol. The molecule has 0 aromatic heterocycles. The molecule has 0 unspecified atom stereocenters. The van der Waals surface area contributed by atoms with Gasteiger partial charge in [0.25, 0.3) is 0 Å². The quantitative estimate of drug-likeness (QED) is 0.0371. The minimum Gasteiger partial charge on any atom is -0.417 e. The minimum atomic E-state index is -1.55. The molecule has 0 atom stereocenters. The van der Waals surface area contributed by atoms with E-state index in [-0.39, 0.29) is 0 Å². The lowest BCUT2D eigenvalue weighted by Gasteiger charge is -2.36. The molecule has 1 aromatic rings. The first kappa shape index (κ1) is 60.7. The molecule has 64 heavy (non-hydrogen) atoms. The highest BCUT2D eigenvalue weighted by atomic mass is 28.4. The molecule has 0 aliphatic carbocycles. The first-order valence-corrected chi connectivity index (χ1v) is 33.8. The van der Waals surface area contributed by atoms with Gasteiger partial charge in [0.2, 0.25) is 0 Å². The highest BCUT2D eigenvalue weighted by molar-refractivity contribution is 6.74. The summed E-state index contributed by atoms with van der Waals surface area (Å²) in [5, 5.41) is 0.663. The van der Waals surface area contributed by atoms with Gasteiger partial charge in [-0.25, -0.2) is 0 Å². The summed E-state index contributed by atoms with van der Waals surface area (Å²) in [6.45, 7) is 25.4. The lowest BCUT2D eigenvalue weighted by Crippen LogP contribution is -2.40. The van der Waals surface area contributed by atoms with Gasteiger partial charge >= 0.3 is 0 Å². The van der Waals surface area contributed by atoms with E-state index in [0.29, 0.717) is 10.1 Å². The Morgan fingerprint density at radius 1 is 0.344 bits per heavy atom. The van der Waals surface area contributed by atoms with Crippen LogP contribution in [0.2, 0.25) is 36.3 Å². The van der Waals surface area contributed by atoms with E-state index < -0.39 is 16.6 Å². The van der Waals surface area contributed by atoms with Gasteiger partial charge in [-0.1, -0.05) is 264 Å². The average Bonchev–Trinajstić information content (AvgIpc) is 3.23. The number of benzene rings is 1. The monoisotopic (exact) mass is 919 g/mol. The van der Waals surface area contributed by atoms with Crippen molar-refractivity contribution >= 4 is 16.6 Å². The summed E-state index contributed by atoms with van der Waals surface area (Å²) in [5.41, 5.74) is 2.22. The Morgan fingerprint density at radius 3 is 0.797 bits per heavy atom. The van der Waals surface area contributed by atoms with Crippen LogP contribution in [0.15, 0.2) is 24.3 Å². The summed E-state index contributed by atoms with van der Waals surface area (Å²) in [7, 11) is -3.11. The van der Waals surface area contributed by atoms with Gasteiger partial charge < -0.3 is 8.85 Å². The predicted molar refractivity (Wildman–Crippen MR) is 293 cm³/mol. The highest BCUT2D eigenvalue weighted by Gasteiger charge is 2.37. The van der Waals surface area contributed by atoms with Crippen molar-refractivity contribution < 1.29 is 8.85 Å². The van der Waals surface area contributed by atoms with Gasteiger partial charge in [-0.05, 0) is 80.1 Å². The van der Waals surface area contributed by atoms with Crippen LogP contribution in [0, 0.1) is 23.7 Å². The van der Waals surface area contributed by atoms with Crippen LogP contribution in [0.3, 0.4) is 0 Å². The maximum Gasteiger partial charge on any atom is 0.191 e. The molecule has 0 saturated heterocycles. The molecule has 0 radical (unpaired) electrons. The molecule has 2 nitrogen and oxygen atoms in total. The predicted octanol–water partition coefficient (Wildman–Crippen LogP) is 20.5. The topological polar surface area (TPSA) is 18.5 Å². The van der Waals surface area contributed by atoms with Gasteiger partial charge in [0.15, 0.2) is 16.6 Å². The zero-order valence-electron chi connectivity index (χ0n) is 45.0. The first-order chi connectivity index (χ1) is 30.7. The third-order valence-corrected chi connectivity index (χ3v) is 23.8. The normalized spacial score (nSPS) is 12.3. The Bertz CT molecular complexity index is 1240. The Labute approximate surface area is 404 Å². The maximum absolute atomic E-state index is 6.32. The Hall–Kier alpha value is -1.31. The second-order valence-corrected chi connectivity index (χ2v) is 32.5. The van der Waals surface area contributed by atoms with Crippen LogP contribution in [-0.2, 0) is 8.85 Å². The van der Waals surface area contributed by atoms with Crippen molar-refractivity contribution in [2.24, 2.45) is 0 Å².